The Morgan fingerprint density at radius 1 is 1.10 bits per heavy atom. The molecule has 1 aliphatic heterocycles. The number of ketones is 2. The zero-order valence-electron chi connectivity index (χ0n) is 24.1. The maximum Gasteiger partial charge on any atom is 0.255 e. The molecule has 3 aliphatic carbocycles. The van der Waals surface area contributed by atoms with Gasteiger partial charge in [0.15, 0.2) is 11.4 Å². The highest BCUT2D eigenvalue weighted by atomic mass is 16.3. The Kier molecular flexibility index (Phi) is 6.41. The molecule has 1 saturated heterocycles. The normalized spacial score (nSPS) is 27.6. The molecule has 0 aromatic heterocycles. The molecular formula is C31H36N4O7. The van der Waals surface area contributed by atoms with E-state index in [0.29, 0.717) is 10.9 Å². The molecule has 2 aromatic carbocycles. The van der Waals surface area contributed by atoms with Crippen LogP contribution in [0.2, 0.25) is 0 Å². The van der Waals surface area contributed by atoms with Gasteiger partial charge in [0.25, 0.3) is 5.91 Å². The lowest BCUT2D eigenvalue weighted by Crippen LogP contribution is -2.65. The molecule has 6 rings (SSSR count). The van der Waals surface area contributed by atoms with Crippen LogP contribution in [0.5, 0.6) is 5.75 Å². The van der Waals surface area contributed by atoms with Crippen LogP contribution in [0, 0.1) is 11.8 Å². The van der Waals surface area contributed by atoms with Crippen molar-refractivity contribution in [2.24, 2.45) is 17.6 Å². The molecule has 222 valence electrons. The quantitative estimate of drug-likeness (QED) is 0.328. The zero-order valence-corrected chi connectivity index (χ0v) is 24.1. The molecule has 42 heavy (non-hydrogen) atoms. The number of likely N-dealkylation sites (N-methyl/N-ethyl adjacent to an activating group) is 1. The van der Waals surface area contributed by atoms with Gasteiger partial charge in [-0.05, 0) is 69.6 Å². The second kappa shape index (κ2) is 9.55. The first-order chi connectivity index (χ1) is 19.8. The Balaban J connectivity index is 1.57. The van der Waals surface area contributed by atoms with Gasteiger partial charge < -0.3 is 31.1 Å². The highest BCUT2D eigenvalue weighted by Gasteiger charge is 2.64. The number of rotatable bonds is 5. The number of aromatic hydroxyl groups is 1. The van der Waals surface area contributed by atoms with E-state index in [9.17, 15) is 34.8 Å². The second-order valence-corrected chi connectivity index (χ2v) is 12.4. The van der Waals surface area contributed by atoms with Gasteiger partial charge in [-0.25, -0.2) is 0 Å². The summed E-state index contributed by atoms with van der Waals surface area (Å²) in [6, 6.07) is 4.78. The third kappa shape index (κ3) is 3.73. The van der Waals surface area contributed by atoms with E-state index in [0.717, 1.165) is 42.7 Å². The van der Waals surface area contributed by atoms with E-state index in [2.05, 4.69) is 4.90 Å². The minimum Gasteiger partial charge on any atom is -0.508 e. The van der Waals surface area contributed by atoms with Gasteiger partial charge in [0.1, 0.15) is 22.8 Å². The summed E-state index contributed by atoms with van der Waals surface area (Å²) in [7, 11) is 6.91. The van der Waals surface area contributed by atoms with E-state index < -0.39 is 58.0 Å². The number of fused-ring (bicyclic) bond motifs is 4. The number of phenolic OH excluding ortho intramolecular Hbond substituents is 1. The fraction of sp³-hybridized carbons (Fsp3) is 0.452. The Morgan fingerprint density at radius 2 is 1.79 bits per heavy atom. The second-order valence-electron chi connectivity index (χ2n) is 12.4. The Bertz CT molecular complexity index is 1640. The minimum absolute atomic E-state index is 0.0478. The number of carbonyl (C=O) groups excluding carboxylic acids is 3. The maximum atomic E-state index is 14.2. The molecule has 6 N–H and O–H groups in total. The number of carbonyl (C=O) groups is 3. The maximum absolute atomic E-state index is 14.2. The van der Waals surface area contributed by atoms with Gasteiger partial charge in [-0.2, -0.15) is 0 Å². The van der Waals surface area contributed by atoms with Crippen LogP contribution in [0.1, 0.15) is 29.5 Å². The van der Waals surface area contributed by atoms with Crippen molar-refractivity contribution >= 4 is 39.7 Å². The molecule has 0 bridgehead atoms. The van der Waals surface area contributed by atoms with Crippen molar-refractivity contribution in [3.8, 4) is 5.75 Å². The molecule has 2 fully saturated rings. The molecule has 1 amide bonds. The van der Waals surface area contributed by atoms with Crippen LogP contribution in [-0.2, 0) is 27.3 Å². The first-order valence-corrected chi connectivity index (χ1v) is 14.1. The number of nitrogens with two attached hydrogens (primary N) is 1. The number of hydrogen-bond acceptors (Lipinski definition) is 10. The van der Waals surface area contributed by atoms with Gasteiger partial charge in [-0.15, -0.1) is 0 Å². The van der Waals surface area contributed by atoms with Gasteiger partial charge in [0, 0.05) is 48.6 Å². The van der Waals surface area contributed by atoms with Gasteiger partial charge in [0.05, 0.1) is 11.6 Å². The van der Waals surface area contributed by atoms with Crippen molar-refractivity contribution in [1.82, 2.24) is 9.80 Å². The summed E-state index contributed by atoms with van der Waals surface area (Å²) in [6.07, 6.45) is 1.43. The first-order valence-electron chi connectivity index (χ1n) is 14.1. The van der Waals surface area contributed by atoms with Crippen molar-refractivity contribution in [3.63, 3.8) is 0 Å². The van der Waals surface area contributed by atoms with Crippen molar-refractivity contribution in [2.75, 3.05) is 46.2 Å². The number of hydrogen-bond donors (Lipinski definition) is 5. The number of phenols is 1. The monoisotopic (exact) mass is 576 g/mol. The topological polar surface area (TPSA) is 168 Å². The standard InChI is InChI=1S/C31H36N4O7/c1-33(2)23-16-7-6-14(13-35-8-5-9-35)10-17(16)25(36)21-18(23)11-15-12-19-24(34(3)4)27(38)22(30(32)41)29(40)31(19,42)28(39)20(15)26(21)37/h6-7,10,15,19,24,36-37,40,42H,5,8-9,11-13H2,1-4H3,(H2,32,41)/t15-,19-,24-,31-/m0/s1. The first kappa shape index (κ1) is 28.2. The number of aliphatic hydroxyl groups excluding tert-OH is 2. The SMILES string of the molecule is CN(C)c1c2c(c(O)c3cc(CN4CCC4)ccc13)C(O)=C1C(=O)[C@]3(O)C(O)=C(C(N)=O)C(=O)[C@@H](N(C)C)[C@@H]3C[C@@H]1C2. The fourth-order valence-electron chi connectivity index (χ4n) is 7.55. The number of aliphatic hydroxyl groups is 3. The van der Waals surface area contributed by atoms with Crippen LogP contribution < -0.4 is 10.6 Å². The Hall–Kier alpha value is -3.93. The van der Waals surface area contributed by atoms with Gasteiger partial charge in [-0.1, -0.05) is 12.1 Å². The van der Waals surface area contributed by atoms with Gasteiger partial charge in [0.2, 0.25) is 5.78 Å². The van der Waals surface area contributed by atoms with Crippen molar-refractivity contribution in [2.45, 2.75) is 37.5 Å². The number of amides is 1. The molecule has 4 atom stereocenters. The highest BCUT2D eigenvalue weighted by Crippen LogP contribution is 2.55. The van der Waals surface area contributed by atoms with E-state index in [1.54, 1.807) is 14.1 Å². The smallest absolute Gasteiger partial charge is 0.255 e. The van der Waals surface area contributed by atoms with E-state index in [4.69, 9.17) is 5.73 Å². The summed E-state index contributed by atoms with van der Waals surface area (Å²) in [5, 5.41) is 47.6. The predicted octanol–water partition coefficient (Wildman–Crippen LogP) is 1.39. The van der Waals surface area contributed by atoms with Crippen molar-refractivity contribution < 1.29 is 34.8 Å². The molecule has 2 aromatic rings. The third-order valence-electron chi connectivity index (χ3n) is 9.53. The van der Waals surface area contributed by atoms with E-state index in [1.807, 2.05) is 37.2 Å². The lowest BCUT2D eigenvalue weighted by atomic mass is 9.57. The molecule has 0 radical (unpaired) electrons. The van der Waals surface area contributed by atoms with E-state index in [-0.39, 0.29) is 29.7 Å². The van der Waals surface area contributed by atoms with Crippen molar-refractivity contribution in [1.29, 1.82) is 0 Å². The molecule has 1 heterocycles. The van der Waals surface area contributed by atoms with Gasteiger partial charge >= 0.3 is 0 Å². The summed E-state index contributed by atoms with van der Waals surface area (Å²) in [5.74, 6) is -6.54. The van der Waals surface area contributed by atoms with E-state index >= 15 is 0 Å². The summed E-state index contributed by atoms with van der Waals surface area (Å²) >= 11 is 0. The predicted molar refractivity (Wildman–Crippen MR) is 156 cm³/mol. The summed E-state index contributed by atoms with van der Waals surface area (Å²) in [4.78, 5) is 45.4. The number of Topliss-reactive ketones (excluding diaryl/α,β-unsaturated/α-hetero) is 2. The zero-order chi connectivity index (χ0) is 30.4. The molecular weight excluding hydrogens is 540 g/mol. The largest absolute Gasteiger partial charge is 0.508 e. The average Bonchev–Trinajstić information content (AvgIpc) is 2.88. The number of nitrogens with zero attached hydrogens (tertiary/aromatic N) is 3. The van der Waals surface area contributed by atoms with Crippen molar-refractivity contribution in [3.05, 3.63) is 51.8 Å². The fourth-order valence-corrected chi connectivity index (χ4v) is 7.55. The molecule has 1 saturated carbocycles. The summed E-state index contributed by atoms with van der Waals surface area (Å²) in [6.45, 7) is 2.75. The summed E-state index contributed by atoms with van der Waals surface area (Å²) in [5.41, 5.74) is 4.31. The lowest BCUT2D eigenvalue weighted by molar-refractivity contribution is -0.153. The van der Waals surface area contributed by atoms with Crippen LogP contribution in [0.25, 0.3) is 16.5 Å². The summed E-state index contributed by atoms with van der Waals surface area (Å²) < 4.78 is 0. The van der Waals surface area contributed by atoms with Crippen LogP contribution in [0.3, 0.4) is 0 Å². The molecule has 0 unspecified atom stereocenters. The molecule has 11 heteroatoms. The van der Waals surface area contributed by atoms with Crippen LogP contribution in [0.15, 0.2) is 35.1 Å². The number of primary amides is 1. The highest BCUT2D eigenvalue weighted by molar-refractivity contribution is 6.24. The van der Waals surface area contributed by atoms with Gasteiger partial charge in [-0.3, -0.25) is 24.2 Å². The number of benzene rings is 2. The molecule has 0 spiro atoms. The average molecular weight is 577 g/mol. The van der Waals surface area contributed by atoms with Crippen LogP contribution in [0.4, 0.5) is 5.69 Å². The Labute approximate surface area is 243 Å². The van der Waals surface area contributed by atoms with E-state index in [1.165, 1.54) is 4.90 Å². The van der Waals surface area contributed by atoms with Crippen LogP contribution in [-0.4, -0.2) is 101 Å². The third-order valence-corrected chi connectivity index (χ3v) is 9.53. The molecule has 4 aliphatic rings. The lowest BCUT2D eigenvalue weighted by Gasteiger charge is -2.50. The van der Waals surface area contributed by atoms with Crippen LogP contribution >= 0.6 is 0 Å². The minimum atomic E-state index is -2.66. The number of anilines is 1. The molecule has 11 nitrogen and oxygen atoms in total. The number of likely N-dealkylation sites (tertiary alicyclic amines) is 1. The Morgan fingerprint density at radius 3 is 2.36 bits per heavy atom.